The number of amides is 1. The van der Waals surface area contributed by atoms with Crippen molar-refractivity contribution in [3.8, 4) is 0 Å². The number of thiophene rings is 1. The number of nitrogens with one attached hydrogen (secondary N) is 1. The second-order valence-corrected chi connectivity index (χ2v) is 9.83. The molecule has 0 unspecified atom stereocenters. The molecule has 0 atom stereocenters. The summed E-state index contributed by atoms with van der Waals surface area (Å²) in [7, 11) is -1.52. The molecule has 142 valence electrons. The zero-order valence-electron chi connectivity index (χ0n) is 14.4. The highest BCUT2D eigenvalue weighted by Gasteiger charge is 2.29. The van der Waals surface area contributed by atoms with Gasteiger partial charge < -0.3 is 10.2 Å². The zero-order valence-corrected chi connectivity index (χ0v) is 16.9. The van der Waals surface area contributed by atoms with Crippen molar-refractivity contribution in [1.29, 1.82) is 0 Å². The smallest absolute Gasteiger partial charge is 0.252 e. The number of hydrogen-bond donors (Lipinski definition) is 1. The summed E-state index contributed by atoms with van der Waals surface area (Å²) in [4.78, 5) is 15.1. The Hall–Kier alpha value is -0.670. The third kappa shape index (κ3) is 4.74. The molecule has 0 radical (unpaired) electrons. The SMILES string of the molecule is CN(C(=O)Cc1ccc(S(=O)(=O)N2CCCC2)s1)C1CCNCC1.Cl. The normalized spacial score (nSPS) is 19.6. The van der Waals surface area contributed by atoms with Crippen LogP contribution in [0, 0.1) is 0 Å². The van der Waals surface area contributed by atoms with Crippen LogP contribution in [-0.2, 0) is 21.2 Å². The Bertz CT molecular complexity index is 681. The van der Waals surface area contributed by atoms with Crippen molar-refractivity contribution in [2.24, 2.45) is 0 Å². The molecule has 6 nitrogen and oxygen atoms in total. The lowest BCUT2D eigenvalue weighted by Gasteiger charge is -2.31. The highest BCUT2D eigenvalue weighted by Crippen LogP contribution is 2.28. The van der Waals surface area contributed by atoms with Gasteiger partial charge >= 0.3 is 0 Å². The van der Waals surface area contributed by atoms with E-state index in [0.717, 1.165) is 43.6 Å². The molecule has 0 bridgehead atoms. The minimum Gasteiger partial charge on any atom is -0.342 e. The standard InChI is InChI=1S/C16H25N3O3S2.ClH/c1-18(13-6-8-17-9-7-13)15(20)12-14-4-5-16(23-14)24(21,22)19-10-2-3-11-19;/h4-5,13,17H,2-3,6-12H2,1H3;1H. The van der Waals surface area contributed by atoms with E-state index in [-0.39, 0.29) is 30.8 Å². The molecule has 3 heterocycles. The third-order valence-electron chi connectivity index (χ3n) is 4.87. The van der Waals surface area contributed by atoms with Crippen LogP contribution in [0.4, 0.5) is 0 Å². The third-order valence-corrected chi connectivity index (χ3v) is 8.32. The molecular formula is C16H26ClN3O3S2. The van der Waals surface area contributed by atoms with Crippen LogP contribution in [0.3, 0.4) is 0 Å². The van der Waals surface area contributed by atoms with Gasteiger partial charge in [-0.25, -0.2) is 8.42 Å². The van der Waals surface area contributed by atoms with Crippen molar-refractivity contribution in [2.75, 3.05) is 33.2 Å². The Morgan fingerprint density at radius 2 is 1.92 bits per heavy atom. The van der Waals surface area contributed by atoms with Gasteiger partial charge in [-0.2, -0.15) is 4.31 Å². The highest BCUT2D eigenvalue weighted by atomic mass is 35.5. The lowest BCUT2D eigenvalue weighted by Crippen LogP contribution is -2.44. The number of carbonyl (C=O) groups excluding carboxylic acids is 1. The molecule has 0 saturated carbocycles. The second-order valence-electron chi connectivity index (χ2n) is 6.49. The molecule has 0 aromatic carbocycles. The Kier molecular flexibility index (Phi) is 7.28. The molecule has 25 heavy (non-hydrogen) atoms. The van der Waals surface area contributed by atoms with Crippen molar-refractivity contribution >= 4 is 39.7 Å². The highest BCUT2D eigenvalue weighted by molar-refractivity contribution is 7.91. The van der Waals surface area contributed by atoms with Crippen molar-refractivity contribution in [3.63, 3.8) is 0 Å². The fourth-order valence-electron chi connectivity index (χ4n) is 3.32. The zero-order chi connectivity index (χ0) is 17.2. The average molecular weight is 408 g/mol. The first-order valence-electron chi connectivity index (χ1n) is 8.54. The minimum atomic E-state index is -3.38. The molecule has 1 amide bonds. The van der Waals surface area contributed by atoms with E-state index in [4.69, 9.17) is 0 Å². The van der Waals surface area contributed by atoms with E-state index in [9.17, 15) is 13.2 Å². The van der Waals surface area contributed by atoms with Crippen molar-refractivity contribution in [2.45, 2.75) is 42.4 Å². The molecule has 1 N–H and O–H groups in total. The maximum atomic E-state index is 12.5. The lowest BCUT2D eigenvalue weighted by molar-refractivity contribution is -0.131. The second kappa shape index (κ2) is 8.81. The molecule has 0 spiro atoms. The van der Waals surface area contributed by atoms with E-state index in [0.29, 0.717) is 17.3 Å². The van der Waals surface area contributed by atoms with Crippen LogP contribution in [-0.4, -0.2) is 62.8 Å². The summed E-state index contributed by atoms with van der Waals surface area (Å²) in [5.74, 6) is 0.0638. The summed E-state index contributed by atoms with van der Waals surface area (Å²) in [5, 5.41) is 3.30. The number of carbonyl (C=O) groups is 1. The first-order valence-corrected chi connectivity index (χ1v) is 10.8. The molecule has 1 aromatic heterocycles. The predicted molar refractivity (Wildman–Crippen MR) is 102 cm³/mol. The van der Waals surface area contributed by atoms with Crippen LogP contribution in [0.1, 0.15) is 30.6 Å². The summed E-state index contributed by atoms with van der Waals surface area (Å²) in [5.41, 5.74) is 0. The Labute approximate surface area is 160 Å². The number of nitrogens with zero attached hydrogens (tertiary/aromatic N) is 2. The van der Waals surface area contributed by atoms with Crippen LogP contribution in [0.5, 0.6) is 0 Å². The van der Waals surface area contributed by atoms with Crippen LogP contribution < -0.4 is 5.32 Å². The van der Waals surface area contributed by atoms with Gasteiger partial charge in [-0.3, -0.25) is 4.79 Å². The van der Waals surface area contributed by atoms with Crippen LogP contribution in [0.15, 0.2) is 16.3 Å². The maximum Gasteiger partial charge on any atom is 0.252 e. The first kappa shape index (κ1) is 20.6. The van der Waals surface area contributed by atoms with Crippen LogP contribution in [0.2, 0.25) is 0 Å². The van der Waals surface area contributed by atoms with Gasteiger partial charge in [0.1, 0.15) is 4.21 Å². The average Bonchev–Trinajstić information content (AvgIpc) is 3.27. The van der Waals surface area contributed by atoms with Crippen molar-refractivity contribution in [1.82, 2.24) is 14.5 Å². The Morgan fingerprint density at radius 3 is 2.56 bits per heavy atom. The Morgan fingerprint density at radius 1 is 1.28 bits per heavy atom. The molecule has 3 rings (SSSR count). The van der Waals surface area contributed by atoms with E-state index in [1.165, 1.54) is 11.3 Å². The first-order chi connectivity index (χ1) is 11.5. The fraction of sp³-hybridized carbons (Fsp3) is 0.688. The van der Waals surface area contributed by atoms with Gasteiger partial charge in [0, 0.05) is 31.1 Å². The number of sulfonamides is 1. The van der Waals surface area contributed by atoms with Gasteiger partial charge in [0.25, 0.3) is 10.0 Å². The van der Waals surface area contributed by atoms with Gasteiger partial charge in [0.2, 0.25) is 5.91 Å². The van der Waals surface area contributed by atoms with E-state index in [1.54, 1.807) is 16.4 Å². The molecule has 1 aromatic rings. The largest absolute Gasteiger partial charge is 0.342 e. The summed E-state index contributed by atoms with van der Waals surface area (Å²) >= 11 is 1.23. The maximum absolute atomic E-state index is 12.5. The molecule has 2 fully saturated rings. The molecule has 0 aliphatic carbocycles. The van der Waals surface area contributed by atoms with Gasteiger partial charge in [-0.05, 0) is 50.9 Å². The number of hydrogen-bond acceptors (Lipinski definition) is 5. The molecule has 2 saturated heterocycles. The number of halogens is 1. The van der Waals surface area contributed by atoms with E-state index in [2.05, 4.69) is 5.32 Å². The predicted octanol–water partition coefficient (Wildman–Crippen LogP) is 1.71. The molecule has 2 aliphatic heterocycles. The van der Waals surface area contributed by atoms with Gasteiger partial charge in [0.15, 0.2) is 0 Å². The molecular weight excluding hydrogens is 382 g/mol. The monoisotopic (exact) mass is 407 g/mol. The van der Waals surface area contributed by atoms with Gasteiger partial charge in [0.05, 0.1) is 6.42 Å². The van der Waals surface area contributed by atoms with Crippen molar-refractivity contribution in [3.05, 3.63) is 17.0 Å². The quantitative estimate of drug-likeness (QED) is 0.806. The molecule has 2 aliphatic rings. The summed E-state index contributed by atoms with van der Waals surface area (Å²) in [6.45, 7) is 3.10. The van der Waals surface area contributed by atoms with E-state index >= 15 is 0 Å². The molecule has 9 heteroatoms. The summed E-state index contributed by atoms with van der Waals surface area (Å²) in [6, 6.07) is 3.71. The van der Waals surface area contributed by atoms with Crippen molar-refractivity contribution < 1.29 is 13.2 Å². The van der Waals surface area contributed by atoms with Gasteiger partial charge in [-0.1, -0.05) is 0 Å². The Balaban J connectivity index is 0.00000225. The lowest BCUT2D eigenvalue weighted by atomic mass is 10.1. The van der Waals surface area contributed by atoms with Gasteiger partial charge in [-0.15, -0.1) is 23.7 Å². The minimum absolute atomic E-state index is 0. The fourth-order valence-corrected chi connectivity index (χ4v) is 6.34. The van der Waals surface area contributed by atoms with Crippen LogP contribution in [0.25, 0.3) is 0 Å². The topological polar surface area (TPSA) is 69.7 Å². The van der Waals surface area contributed by atoms with E-state index in [1.807, 2.05) is 11.9 Å². The summed E-state index contributed by atoms with van der Waals surface area (Å²) < 4.78 is 27.0. The van der Waals surface area contributed by atoms with E-state index < -0.39 is 10.0 Å². The van der Waals surface area contributed by atoms with Crippen LogP contribution >= 0.6 is 23.7 Å². The number of rotatable bonds is 5. The summed E-state index contributed by atoms with van der Waals surface area (Å²) in [6.07, 6.45) is 4.08. The number of piperidine rings is 1. The number of likely N-dealkylation sites (N-methyl/N-ethyl adjacent to an activating group) is 1.